The summed E-state index contributed by atoms with van der Waals surface area (Å²) in [6.45, 7) is 3.40. The average molecular weight is 370 g/mol. The minimum Gasteiger partial charge on any atom is -0.490 e. The molecule has 1 aromatic rings. The summed E-state index contributed by atoms with van der Waals surface area (Å²) < 4.78 is 12.1. The second-order valence-corrected chi connectivity index (χ2v) is 8.38. The maximum Gasteiger partial charge on any atom is 0.133 e. The Bertz CT molecular complexity index is 355. The lowest BCUT2D eigenvalue weighted by atomic mass is 10.2. The summed E-state index contributed by atoms with van der Waals surface area (Å²) in [4.78, 5) is 0. The normalized spacial score (nSPS) is 11.3. The van der Waals surface area contributed by atoms with E-state index in [9.17, 15) is 0 Å². The molecular formula is C12H18BrClO2SSi. The first-order valence-electron chi connectivity index (χ1n) is 5.99. The minimum atomic E-state index is -0.0853. The van der Waals surface area contributed by atoms with E-state index in [2.05, 4.69) is 22.9 Å². The van der Waals surface area contributed by atoms with Gasteiger partial charge in [-0.1, -0.05) is 25.5 Å². The maximum absolute atomic E-state index is 5.79. The van der Waals surface area contributed by atoms with Crippen molar-refractivity contribution in [2.24, 2.45) is 0 Å². The Morgan fingerprint density at radius 2 is 2.22 bits per heavy atom. The van der Waals surface area contributed by atoms with Crippen LogP contribution in [0.3, 0.4) is 0 Å². The number of ether oxygens (including phenoxy) is 1. The summed E-state index contributed by atoms with van der Waals surface area (Å²) in [6.07, 6.45) is 1.26. The van der Waals surface area contributed by atoms with E-state index in [0.29, 0.717) is 19.1 Å². The van der Waals surface area contributed by atoms with Crippen molar-refractivity contribution in [3.63, 3.8) is 0 Å². The highest BCUT2D eigenvalue weighted by Gasteiger charge is 2.02. The third-order valence-electron chi connectivity index (χ3n) is 2.24. The third kappa shape index (κ3) is 6.47. The Balaban J connectivity index is 2.22. The van der Waals surface area contributed by atoms with Gasteiger partial charge in [0.1, 0.15) is 21.0 Å². The number of hydrogen-bond acceptors (Lipinski definition) is 3. The van der Waals surface area contributed by atoms with Crippen LogP contribution in [0.25, 0.3) is 0 Å². The summed E-state index contributed by atoms with van der Waals surface area (Å²) in [5.41, 5.74) is 1.06. The van der Waals surface area contributed by atoms with Gasteiger partial charge in [-0.2, -0.15) is 0 Å². The van der Waals surface area contributed by atoms with Gasteiger partial charge in [0, 0.05) is 5.88 Å². The van der Waals surface area contributed by atoms with Crippen molar-refractivity contribution >= 4 is 47.7 Å². The Morgan fingerprint density at radius 3 is 2.94 bits per heavy atom. The lowest BCUT2D eigenvalue weighted by Gasteiger charge is -2.09. The Hall–Kier alpha value is 0.317. The molecule has 0 heterocycles. The Morgan fingerprint density at radius 1 is 1.39 bits per heavy atom. The van der Waals surface area contributed by atoms with Crippen molar-refractivity contribution in [1.82, 2.24) is 0 Å². The van der Waals surface area contributed by atoms with Crippen molar-refractivity contribution in [2.75, 3.05) is 13.2 Å². The summed E-state index contributed by atoms with van der Waals surface area (Å²) in [5, 5.41) is 0. The molecule has 1 aromatic carbocycles. The van der Waals surface area contributed by atoms with Gasteiger partial charge < -0.3 is 8.92 Å². The third-order valence-corrected chi connectivity index (χ3v) is 6.56. The van der Waals surface area contributed by atoms with Gasteiger partial charge in [0.25, 0.3) is 0 Å². The van der Waals surface area contributed by atoms with Crippen LogP contribution in [0.2, 0.25) is 6.04 Å². The quantitative estimate of drug-likeness (QED) is 0.282. The SMILES string of the molecule is CCC[SiH2]SOCCOc1cc(CCl)ccc1Br. The fourth-order valence-electron chi connectivity index (χ4n) is 1.25. The zero-order chi connectivity index (χ0) is 13.2. The van der Waals surface area contributed by atoms with Crippen LogP contribution in [0.5, 0.6) is 5.75 Å². The van der Waals surface area contributed by atoms with E-state index in [1.165, 1.54) is 12.5 Å². The van der Waals surface area contributed by atoms with Gasteiger partial charge in [-0.15, -0.1) is 11.6 Å². The van der Waals surface area contributed by atoms with Crippen LogP contribution in [0.15, 0.2) is 22.7 Å². The molecule has 0 aliphatic rings. The molecule has 102 valence electrons. The molecule has 6 heteroatoms. The molecule has 0 N–H and O–H groups in total. The molecule has 0 atom stereocenters. The highest BCUT2D eigenvalue weighted by atomic mass is 79.9. The van der Waals surface area contributed by atoms with Crippen molar-refractivity contribution in [2.45, 2.75) is 25.3 Å². The number of hydrogen-bond donors (Lipinski definition) is 0. The molecule has 0 unspecified atom stereocenters. The Labute approximate surface area is 129 Å². The number of halogens is 2. The Kier molecular flexibility index (Phi) is 9.23. The molecule has 0 aliphatic carbocycles. The molecule has 0 aromatic heterocycles. The molecule has 18 heavy (non-hydrogen) atoms. The first-order valence-corrected chi connectivity index (χ1v) is 11.0. The van der Waals surface area contributed by atoms with Crippen LogP contribution in [0.4, 0.5) is 0 Å². The molecule has 0 radical (unpaired) electrons. The standard InChI is InChI=1S/C12H18BrClO2SSi/c1-2-7-18-17-16-6-5-15-12-8-10(9-14)3-4-11(12)13/h3-4,8H,2,5-7,9,18H2,1H3. The number of rotatable bonds is 9. The lowest BCUT2D eigenvalue weighted by Crippen LogP contribution is -2.05. The average Bonchev–Trinajstić information content (AvgIpc) is 2.39. The van der Waals surface area contributed by atoms with Crippen LogP contribution in [-0.4, -0.2) is 21.9 Å². The van der Waals surface area contributed by atoms with Gasteiger partial charge in [-0.25, -0.2) is 0 Å². The van der Waals surface area contributed by atoms with Gasteiger partial charge in [-0.3, -0.25) is 0 Å². The molecular weight excluding hydrogens is 352 g/mol. The minimum absolute atomic E-state index is 0.0853. The van der Waals surface area contributed by atoms with Gasteiger partial charge in [0.15, 0.2) is 0 Å². The highest BCUT2D eigenvalue weighted by molar-refractivity contribution is 9.10. The maximum atomic E-state index is 5.79. The second kappa shape index (κ2) is 10.1. The van der Waals surface area contributed by atoms with E-state index in [1.54, 1.807) is 11.5 Å². The zero-order valence-corrected chi connectivity index (χ0v) is 15.0. The molecule has 1 rings (SSSR count). The van der Waals surface area contributed by atoms with Crippen LogP contribution < -0.4 is 4.74 Å². The van der Waals surface area contributed by atoms with E-state index in [0.717, 1.165) is 15.8 Å². The van der Waals surface area contributed by atoms with Crippen molar-refractivity contribution < 1.29 is 8.92 Å². The van der Waals surface area contributed by atoms with E-state index >= 15 is 0 Å². The van der Waals surface area contributed by atoms with Crippen LogP contribution >= 0.6 is 39.0 Å². The number of alkyl halides is 1. The molecule has 0 fully saturated rings. The van der Waals surface area contributed by atoms with E-state index in [4.69, 9.17) is 20.5 Å². The van der Waals surface area contributed by atoms with Crippen LogP contribution in [0.1, 0.15) is 18.9 Å². The molecule has 0 bridgehead atoms. The highest BCUT2D eigenvalue weighted by Crippen LogP contribution is 2.26. The van der Waals surface area contributed by atoms with E-state index in [1.807, 2.05) is 18.2 Å². The first-order chi connectivity index (χ1) is 8.77. The van der Waals surface area contributed by atoms with Gasteiger partial charge >= 0.3 is 0 Å². The monoisotopic (exact) mass is 368 g/mol. The summed E-state index contributed by atoms with van der Waals surface area (Å²) in [5.74, 6) is 1.33. The van der Waals surface area contributed by atoms with Gasteiger partial charge in [0.2, 0.25) is 0 Å². The fraction of sp³-hybridized carbons (Fsp3) is 0.500. The van der Waals surface area contributed by atoms with Crippen LogP contribution in [0, 0.1) is 0 Å². The predicted octanol–water partition coefficient (Wildman–Crippen LogP) is 4.14. The summed E-state index contributed by atoms with van der Waals surface area (Å²) >= 11 is 10.9. The van der Waals surface area contributed by atoms with Crippen molar-refractivity contribution in [3.8, 4) is 5.75 Å². The summed E-state index contributed by atoms with van der Waals surface area (Å²) in [7, 11) is -0.0853. The predicted molar refractivity (Wildman–Crippen MR) is 86.4 cm³/mol. The molecule has 2 nitrogen and oxygen atoms in total. The van der Waals surface area contributed by atoms with E-state index in [-0.39, 0.29) is 8.67 Å². The van der Waals surface area contributed by atoms with Crippen LogP contribution in [-0.2, 0) is 10.1 Å². The second-order valence-electron chi connectivity index (χ2n) is 3.74. The van der Waals surface area contributed by atoms with E-state index < -0.39 is 0 Å². The first kappa shape index (κ1) is 16.4. The van der Waals surface area contributed by atoms with Crippen molar-refractivity contribution in [1.29, 1.82) is 0 Å². The van der Waals surface area contributed by atoms with Gasteiger partial charge in [0.05, 0.1) is 11.1 Å². The van der Waals surface area contributed by atoms with Gasteiger partial charge in [-0.05, 0) is 45.1 Å². The molecule has 0 saturated heterocycles. The fourth-order valence-corrected chi connectivity index (χ4v) is 4.41. The zero-order valence-electron chi connectivity index (χ0n) is 10.5. The largest absolute Gasteiger partial charge is 0.490 e. The topological polar surface area (TPSA) is 18.5 Å². The molecule has 0 saturated carbocycles. The smallest absolute Gasteiger partial charge is 0.133 e. The molecule has 0 amide bonds. The molecule has 0 spiro atoms. The molecule has 0 aliphatic heterocycles. The summed E-state index contributed by atoms with van der Waals surface area (Å²) in [6, 6.07) is 7.22. The lowest BCUT2D eigenvalue weighted by molar-refractivity contribution is 0.239. The number of benzene rings is 1. The van der Waals surface area contributed by atoms with Crippen molar-refractivity contribution in [3.05, 3.63) is 28.2 Å².